The van der Waals surface area contributed by atoms with E-state index in [1.165, 1.54) is 55.0 Å². The summed E-state index contributed by atoms with van der Waals surface area (Å²) in [5, 5.41) is 4.74. The average molecular weight is 662 g/mol. The summed E-state index contributed by atoms with van der Waals surface area (Å²) in [6, 6.07) is 67.0. The van der Waals surface area contributed by atoms with Crippen LogP contribution in [0.3, 0.4) is 0 Å². The molecule has 0 fully saturated rings. The lowest BCUT2D eigenvalue weighted by atomic mass is 9.97. The molecule has 10 rings (SSSR count). The molecule has 2 heterocycles. The molecule has 0 atom stereocenters. The van der Waals surface area contributed by atoms with Gasteiger partial charge in [-0.05, 0) is 100 Å². The minimum Gasteiger partial charge on any atom is -0.311 e. The van der Waals surface area contributed by atoms with E-state index in [-0.39, 0.29) is 0 Å². The van der Waals surface area contributed by atoms with Gasteiger partial charge in [-0.2, -0.15) is 0 Å². The van der Waals surface area contributed by atoms with Crippen molar-refractivity contribution >= 4 is 49.3 Å². The van der Waals surface area contributed by atoms with E-state index in [2.05, 4.69) is 184 Å². The highest BCUT2D eigenvalue weighted by molar-refractivity contribution is 6.13. The molecule has 0 N–H and O–H groups in total. The van der Waals surface area contributed by atoms with Crippen LogP contribution < -0.4 is 0 Å². The van der Waals surface area contributed by atoms with Crippen molar-refractivity contribution in [3.8, 4) is 44.8 Å². The zero-order valence-electron chi connectivity index (χ0n) is 28.2. The monoisotopic (exact) mass is 661 g/mol. The zero-order valence-corrected chi connectivity index (χ0v) is 28.2. The largest absolute Gasteiger partial charge is 0.311 e. The standard InChI is InChI=1S/C49H31N3/c1-50-39-23-25-43-45-30-37(22-27-47(45)52(49(43)32-39)41-18-9-4-10-19-41)36-21-26-46-44(29-36)42-24-20-38(31-48(42)51(46)40-16-7-3-8-17-40)35-15-11-14-34(28-35)33-12-5-2-6-13-33/h2-32H. The number of fused-ring (bicyclic) bond motifs is 6. The minimum atomic E-state index is 0.639. The molecule has 52 heavy (non-hydrogen) atoms. The van der Waals surface area contributed by atoms with Gasteiger partial charge in [-0.15, -0.1) is 0 Å². The fourth-order valence-electron chi connectivity index (χ4n) is 7.86. The second-order valence-electron chi connectivity index (χ2n) is 13.3. The Hall–Kier alpha value is -7.15. The van der Waals surface area contributed by atoms with Crippen LogP contribution in [0.4, 0.5) is 5.69 Å². The van der Waals surface area contributed by atoms with Gasteiger partial charge in [-0.3, -0.25) is 0 Å². The van der Waals surface area contributed by atoms with Crippen molar-refractivity contribution in [3.05, 3.63) is 199 Å². The molecule has 0 spiro atoms. The second kappa shape index (κ2) is 12.0. The van der Waals surface area contributed by atoms with E-state index >= 15 is 0 Å². The van der Waals surface area contributed by atoms with E-state index < -0.39 is 0 Å². The van der Waals surface area contributed by atoms with Crippen LogP contribution in [0.25, 0.3) is 93.2 Å². The Balaban J connectivity index is 1.15. The van der Waals surface area contributed by atoms with E-state index in [9.17, 15) is 0 Å². The number of nitrogens with zero attached hydrogens (tertiary/aromatic N) is 3. The van der Waals surface area contributed by atoms with E-state index in [1.807, 2.05) is 18.2 Å². The van der Waals surface area contributed by atoms with Gasteiger partial charge in [0.25, 0.3) is 0 Å². The summed E-state index contributed by atoms with van der Waals surface area (Å²) in [4.78, 5) is 3.74. The third-order valence-corrected chi connectivity index (χ3v) is 10.3. The first kappa shape index (κ1) is 29.7. The Morgan fingerprint density at radius 1 is 0.308 bits per heavy atom. The number of hydrogen-bond acceptors (Lipinski definition) is 0. The number of aromatic nitrogens is 2. The maximum absolute atomic E-state index is 7.67. The van der Waals surface area contributed by atoms with Crippen molar-refractivity contribution < 1.29 is 0 Å². The lowest BCUT2D eigenvalue weighted by Crippen LogP contribution is -1.93. The zero-order chi connectivity index (χ0) is 34.6. The van der Waals surface area contributed by atoms with Crippen LogP contribution in [0, 0.1) is 6.57 Å². The molecule has 0 unspecified atom stereocenters. The third-order valence-electron chi connectivity index (χ3n) is 10.3. The van der Waals surface area contributed by atoms with Crippen LogP contribution in [0.2, 0.25) is 0 Å². The van der Waals surface area contributed by atoms with Gasteiger partial charge in [0.15, 0.2) is 5.69 Å². The average Bonchev–Trinajstić information content (AvgIpc) is 3.73. The first-order valence-electron chi connectivity index (χ1n) is 17.5. The van der Waals surface area contributed by atoms with Gasteiger partial charge in [0.1, 0.15) is 0 Å². The summed E-state index contributed by atoms with van der Waals surface area (Å²) in [6.45, 7) is 7.67. The number of para-hydroxylation sites is 2. The number of rotatable bonds is 5. The molecule has 3 heteroatoms. The summed E-state index contributed by atoms with van der Waals surface area (Å²) in [7, 11) is 0. The third kappa shape index (κ3) is 4.81. The molecule has 242 valence electrons. The summed E-state index contributed by atoms with van der Waals surface area (Å²) in [6.07, 6.45) is 0. The molecule has 2 aromatic heterocycles. The normalized spacial score (nSPS) is 11.4. The van der Waals surface area contributed by atoms with Crippen molar-refractivity contribution in [1.29, 1.82) is 0 Å². The molecule has 10 aromatic rings. The molecule has 0 amide bonds. The van der Waals surface area contributed by atoms with Crippen LogP contribution >= 0.6 is 0 Å². The van der Waals surface area contributed by atoms with Gasteiger partial charge in [0.05, 0.1) is 23.1 Å². The Bertz CT molecular complexity index is 3000. The van der Waals surface area contributed by atoms with Gasteiger partial charge in [0, 0.05) is 38.4 Å². The van der Waals surface area contributed by atoms with Crippen LogP contribution in [0.1, 0.15) is 0 Å². The maximum Gasteiger partial charge on any atom is 0.189 e. The summed E-state index contributed by atoms with van der Waals surface area (Å²) in [5.41, 5.74) is 14.5. The SMILES string of the molecule is [C-]#[N+]c1ccc2c3cc(-c4ccc5c(c4)c4ccc(-c6cccc(-c7ccccc7)c6)cc4n5-c4ccccc4)ccc3n(-c3ccccc3)c2c1. The maximum atomic E-state index is 7.67. The van der Waals surface area contributed by atoms with Crippen LogP contribution in [-0.4, -0.2) is 9.13 Å². The molecule has 0 bridgehead atoms. The molecule has 0 aliphatic rings. The molecule has 0 radical (unpaired) electrons. The van der Waals surface area contributed by atoms with Gasteiger partial charge < -0.3 is 9.13 Å². The van der Waals surface area contributed by atoms with Crippen LogP contribution in [0.5, 0.6) is 0 Å². The van der Waals surface area contributed by atoms with E-state index in [0.717, 1.165) is 33.4 Å². The molecule has 8 aromatic carbocycles. The summed E-state index contributed by atoms with van der Waals surface area (Å²) < 4.78 is 4.66. The molecule has 0 saturated heterocycles. The van der Waals surface area contributed by atoms with Crippen molar-refractivity contribution in [2.45, 2.75) is 0 Å². The Labute approximate surface area is 301 Å². The fourth-order valence-corrected chi connectivity index (χ4v) is 7.86. The molecular weight excluding hydrogens is 631 g/mol. The lowest BCUT2D eigenvalue weighted by Gasteiger charge is -2.10. The number of benzene rings is 8. The van der Waals surface area contributed by atoms with Crippen LogP contribution in [-0.2, 0) is 0 Å². The van der Waals surface area contributed by atoms with Crippen molar-refractivity contribution in [1.82, 2.24) is 9.13 Å². The first-order chi connectivity index (χ1) is 25.7. The molecule has 0 aliphatic carbocycles. The minimum absolute atomic E-state index is 0.639. The van der Waals surface area contributed by atoms with Gasteiger partial charge in [-0.25, -0.2) is 4.85 Å². The molecular formula is C49H31N3. The molecule has 0 saturated carbocycles. The highest BCUT2D eigenvalue weighted by Crippen LogP contribution is 2.40. The lowest BCUT2D eigenvalue weighted by molar-refractivity contribution is 1.18. The fraction of sp³-hybridized carbons (Fsp3) is 0. The molecule has 0 aliphatic heterocycles. The van der Waals surface area contributed by atoms with E-state index in [1.54, 1.807) is 0 Å². The Morgan fingerprint density at radius 3 is 1.33 bits per heavy atom. The summed E-state index contributed by atoms with van der Waals surface area (Å²) in [5.74, 6) is 0. The number of hydrogen-bond donors (Lipinski definition) is 0. The second-order valence-corrected chi connectivity index (χ2v) is 13.3. The Morgan fingerprint density at radius 2 is 0.750 bits per heavy atom. The quantitative estimate of drug-likeness (QED) is 0.163. The van der Waals surface area contributed by atoms with Gasteiger partial charge in [0.2, 0.25) is 0 Å². The predicted octanol–water partition coefficient (Wildman–Crippen LogP) is 13.4. The smallest absolute Gasteiger partial charge is 0.189 e. The van der Waals surface area contributed by atoms with Crippen molar-refractivity contribution in [2.75, 3.05) is 0 Å². The molecule has 3 nitrogen and oxygen atoms in total. The highest BCUT2D eigenvalue weighted by atomic mass is 15.0. The topological polar surface area (TPSA) is 14.2 Å². The van der Waals surface area contributed by atoms with E-state index in [0.29, 0.717) is 5.69 Å². The van der Waals surface area contributed by atoms with Gasteiger partial charge >= 0.3 is 0 Å². The first-order valence-corrected chi connectivity index (χ1v) is 17.5. The van der Waals surface area contributed by atoms with Gasteiger partial charge in [-0.1, -0.05) is 121 Å². The predicted molar refractivity (Wildman–Crippen MR) is 218 cm³/mol. The van der Waals surface area contributed by atoms with Crippen molar-refractivity contribution in [2.24, 2.45) is 0 Å². The summed E-state index contributed by atoms with van der Waals surface area (Å²) >= 11 is 0. The highest BCUT2D eigenvalue weighted by Gasteiger charge is 2.17. The van der Waals surface area contributed by atoms with Crippen LogP contribution in [0.15, 0.2) is 188 Å². The van der Waals surface area contributed by atoms with E-state index in [4.69, 9.17) is 6.57 Å². The van der Waals surface area contributed by atoms with Crippen molar-refractivity contribution in [3.63, 3.8) is 0 Å². The Kier molecular flexibility index (Phi) is 6.87.